The van der Waals surface area contributed by atoms with Gasteiger partial charge < -0.3 is 0 Å². The summed E-state index contributed by atoms with van der Waals surface area (Å²) in [7, 11) is 0. The minimum Gasteiger partial charge on any atom is -0.264 e. The number of hydrogen-bond acceptors (Lipinski definition) is 2. The summed E-state index contributed by atoms with van der Waals surface area (Å²) < 4.78 is 0. The van der Waals surface area contributed by atoms with Gasteiger partial charge in [-0.25, -0.2) is 0 Å². The molecule has 0 aliphatic heterocycles. The Balaban J connectivity index is 2.19. The second-order valence-corrected chi connectivity index (χ2v) is 4.56. The van der Waals surface area contributed by atoms with E-state index in [1.165, 1.54) is 0 Å². The van der Waals surface area contributed by atoms with Gasteiger partial charge in [-0.05, 0) is 17.2 Å². The standard InChI is InChI=1S/C15H9ClN2/c16-15-5-6-18-9-14(15)13-7-10(8-17)11-3-1-2-4-12(11)13/h1-7,9,13H. The summed E-state index contributed by atoms with van der Waals surface area (Å²) in [6.45, 7) is 0. The second kappa shape index (κ2) is 4.29. The van der Waals surface area contributed by atoms with E-state index in [1.807, 2.05) is 30.3 Å². The van der Waals surface area contributed by atoms with E-state index >= 15 is 0 Å². The fourth-order valence-corrected chi connectivity index (χ4v) is 2.56. The van der Waals surface area contributed by atoms with Crippen LogP contribution in [0.2, 0.25) is 5.02 Å². The van der Waals surface area contributed by atoms with Gasteiger partial charge >= 0.3 is 0 Å². The van der Waals surface area contributed by atoms with Gasteiger partial charge in [-0.15, -0.1) is 0 Å². The molecule has 1 aliphatic carbocycles. The maximum Gasteiger partial charge on any atom is 0.0995 e. The van der Waals surface area contributed by atoms with Crippen molar-refractivity contribution in [3.8, 4) is 6.07 Å². The Labute approximate surface area is 110 Å². The van der Waals surface area contributed by atoms with E-state index in [-0.39, 0.29) is 5.92 Å². The number of nitrogens with zero attached hydrogens (tertiary/aromatic N) is 2. The lowest BCUT2D eigenvalue weighted by molar-refractivity contribution is 1.03. The number of nitriles is 1. The van der Waals surface area contributed by atoms with Crippen molar-refractivity contribution in [1.82, 2.24) is 4.98 Å². The van der Waals surface area contributed by atoms with Crippen molar-refractivity contribution in [1.29, 1.82) is 5.26 Å². The molecule has 86 valence electrons. The average Bonchev–Trinajstić information content (AvgIpc) is 2.78. The first-order valence-electron chi connectivity index (χ1n) is 5.62. The van der Waals surface area contributed by atoms with Gasteiger partial charge in [0, 0.05) is 28.9 Å². The summed E-state index contributed by atoms with van der Waals surface area (Å²) in [6.07, 6.45) is 5.38. The van der Waals surface area contributed by atoms with Crippen LogP contribution in [0.3, 0.4) is 0 Å². The number of hydrogen-bond donors (Lipinski definition) is 0. The van der Waals surface area contributed by atoms with Crippen LogP contribution >= 0.6 is 11.6 Å². The van der Waals surface area contributed by atoms with E-state index in [2.05, 4.69) is 11.1 Å². The monoisotopic (exact) mass is 252 g/mol. The van der Waals surface area contributed by atoms with Crippen LogP contribution in [0, 0.1) is 11.3 Å². The fraction of sp³-hybridized carbons (Fsp3) is 0.0667. The molecule has 0 amide bonds. The highest BCUT2D eigenvalue weighted by Crippen LogP contribution is 2.41. The summed E-state index contributed by atoms with van der Waals surface area (Å²) in [5.74, 6) is 0.0250. The van der Waals surface area contributed by atoms with E-state index in [1.54, 1.807) is 18.5 Å². The Morgan fingerprint density at radius 3 is 2.78 bits per heavy atom. The zero-order valence-electron chi connectivity index (χ0n) is 9.47. The molecule has 1 atom stereocenters. The highest BCUT2D eigenvalue weighted by atomic mass is 35.5. The summed E-state index contributed by atoms with van der Waals surface area (Å²) in [5.41, 5.74) is 3.75. The van der Waals surface area contributed by atoms with Crippen molar-refractivity contribution < 1.29 is 0 Å². The molecule has 0 saturated heterocycles. The lowest BCUT2D eigenvalue weighted by Crippen LogP contribution is -1.97. The van der Waals surface area contributed by atoms with Crippen LogP contribution in [0.1, 0.15) is 22.6 Å². The van der Waals surface area contributed by atoms with Crippen LogP contribution in [0.4, 0.5) is 0 Å². The van der Waals surface area contributed by atoms with Crippen molar-refractivity contribution in [2.24, 2.45) is 0 Å². The third-order valence-corrected chi connectivity index (χ3v) is 3.52. The predicted octanol–water partition coefficient (Wildman–Crippen LogP) is 3.79. The largest absolute Gasteiger partial charge is 0.264 e. The Hall–Kier alpha value is -2.11. The number of allylic oxidation sites excluding steroid dienone is 2. The van der Waals surface area contributed by atoms with E-state index in [9.17, 15) is 5.26 Å². The maximum atomic E-state index is 9.18. The zero-order valence-corrected chi connectivity index (χ0v) is 10.2. The van der Waals surface area contributed by atoms with Crippen LogP contribution in [0.15, 0.2) is 48.8 Å². The fourth-order valence-electron chi connectivity index (χ4n) is 2.33. The molecule has 18 heavy (non-hydrogen) atoms. The van der Waals surface area contributed by atoms with Crippen LogP contribution in [0.5, 0.6) is 0 Å². The Morgan fingerprint density at radius 1 is 1.17 bits per heavy atom. The van der Waals surface area contributed by atoms with Gasteiger partial charge in [-0.2, -0.15) is 5.26 Å². The van der Waals surface area contributed by atoms with Gasteiger partial charge in [0.05, 0.1) is 11.6 Å². The first kappa shape index (κ1) is 11.0. The number of rotatable bonds is 1. The van der Waals surface area contributed by atoms with E-state index in [0.29, 0.717) is 10.6 Å². The Kier molecular flexibility index (Phi) is 2.62. The average molecular weight is 253 g/mol. The van der Waals surface area contributed by atoms with Crippen molar-refractivity contribution in [3.63, 3.8) is 0 Å². The molecule has 1 heterocycles. The van der Waals surface area contributed by atoms with Crippen molar-refractivity contribution in [3.05, 3.63) is 70.5 Å². The van der Waals surface area contributed by atoms with Gasteiger partial charge in [-0.3, -0.25) is 4.98 Å². The molecular weight excluding hydrogens is 244 g/mol. The van der Waals surface area contributed by atoms with Gasteiger partial charge in [0.25, 0.3) is 0 Å². The predicted molar refractivity (Wildman–Crippen MR) is 71.1 cm³/mol. The van der Waals surface area contributed by atoms with E-state index in [0.717, 1.165) is 16.7 Å². The molecule has 2 aromatic rings. The molecule has 1 aliphatic rings. The highest BCUT2D eigenvalue weighted by molar-refractivity contribution is 6.31. The Bertz CT molecular complexity index is 683. The lowest BCUT2D eigenvalue weighted by Gasteiger charge is -2.11. The van der Waals surface area contributed by atoms with Crippen LogP contribution in [-0.2, 0) is 0 Å². The van der Waals surface area contributed by atoms with E-state index in [4.69, 9.17) is 11.6 Å². The maximum absolute atomic E-state index is 9.18. The molecule has 3 heteroatoms. The van der Waals surface area contributed by atoms with Gasteiger partial charge in [-0.1, -0.05) is 41.9 Å². The van der Waals surface area contributed by atoms with Crippen LogP contribution < -0.4 is 0 Å². The van der Waals surface area contributed by atoms with Gasteiger partial charge in [0.1, 0.15) is 0 Å². The second-order valence-electron chi connectivity index (χ2n) is 4.15. The SMILES string of the molecule is N#CC1=CC(c2cnccc2Cl)c2ccccc21. The minimum absolute atomic E-state index is 0.0250. The van der Waals surface area contributed by atoms with Crippen molar-refractivity contribution >= 4 is 17.2 Å². The summed E-state index contributed by atoms with van der Waals surface area (Å²) in [6, 6.07) is 11.9. The molecule has 3 rings (SSSR count). The quantitative estimate of drug-likeness (QED) is 0.774. The smallest absolute Gasteiger partial charge is 0.0995 e. The lowest BCUT2D eigenvalue weighted by atomic mass is 9.94. The van der Waals surface area contributed by atoms with Crippen molar-refractivity contribution in [2.45, 2.75) is 5.92 Å². The molecule has 0 bridgehead atoms. The third-order valence-electron chi connectivity index (χ3n) is 3.17. The Morgan fingerprint density at radius 2 is 2.00 bits per heavy atom. The molecule has 2 nitrogen and oxygen atoms in total. The molecule has 0 N–H and O–H groups in total. The first-order valence-corrected chi connectivity index (χ1v) is 5.99. The minimum atomic E-state index is 0.0250. The molecule has 0 fully saturated rings. The van der Waals surface area contributed by atoms with Gasteiger partial charge in [0.2, 0.25) is 0 Å². The van der Waals surface area contributed by atoms with Crippen LogP contribution in [-0.4, -0.2) is 4.98 Å². The van der Waals surface area contributed by atoms with Crippen molar-refractivity contribution in [2.75, 3.05) is 0 Å². The van der Waals surface area contributed by atoms with E-state index < -0.39 is 0 Å². The number of pyridine rings is 1. The zero-order chi connectivity index (χ0) is 12.5. The normalized spacial score (nSPS) is 16.9. The summed E-state index contributed by atoms with van der Waals surface area (Å²) in [4.78, 5) is 4.12. The molecule has 1 unspecified atom stereocenters. The number of benzene rings is 1. The topological polar surface area (TPSA) is 36.7 Å². The number of fused-ring (bicyclic) bond motifs is 1. The third kappa shape index (κ3) is 1.61. The first-order chi connectivity index (χ1) is 8.81. The molecular formula is C15H9ClN2. The molecule has 0 spiro atoms. The van der Waals surface area contributed by atoms with Gasteiger partial charge in [0.15, 0.2) is 0 Å². The molecule has 0 saturated carbocycles. The number of halogens is 1. The number of aromatic nitrogens is 1. The summed E-state index contributed by atoms with van der Waals surface area (Å²) in [5, 5.41) is 9.86. The molecule has 1 aromatic carbocycles. The highest BCUT2D eigenvalue weighted by Gasteiger charge is 2.25. The molecule has 1 aromatic heterocycles. The van der Waals surface area contributed by atoms with Crippen LogP contribution in [0.25, 0.3) is 5.57 Å². The molecule has 0 radical (unpaired) electrons. The summed E-state index contributed by atoms with van der Waals surface area (Å²) >= 11 is 6.21.